The predicted molar refractivity (Wildman–Crippen MR) is 261 cm³/mol. The summed E-state index contributed by atoms with van der Waals surface area (Å²) in [6.45, 7) is 0. The van der Waals surface area contributed by atoms with Crippen LogP contribution in [-0.4, -0.2) is 0 Å². The number of hydrogen-bond donors (Lipinski definition) is 0. The molecule has 1 nitrogen and oxygen atoms in total. The van der Waals surface area contributed by atoms with Crippen molar-refractivity contribution in [3.05, 3.63) is 305 Å². The summed E-state index contributed by atoms with van der Waals surface area (Å²) in [5.41, 5.74) is 19.8. The van der Waals surface area contributed by atoms with E-state index < -0.39 is 10.8 Å². The molecular formula is C62H43N. The van der Waals surface area contributed by atoms with Crippen LogP contribution < -0.4 is 4.90 Å². The molecule has 0 aliphatic heterocycles. The molecule has 0 fully saturated rings. The Morgan fingerprint density at radius 1 is 0.238 bits per heavy atom. The largest absolute Gasteiger partial charge is 0.310 e. The third-order valence-corrected chi connectivity index (χ3v) is 13.6. The standard InChI is InChI=1S/C62H43N/c1-5-22-44(23-6-1)51-32-16-20-39-60(51)63(49-31-21-30-48(42-49)62(47-28-11-4-12-29-47)57-37-18-13-33-52(57)53-34-14-19-38-58(53)62)50-40-41-55-54-35-15-17-36-56(54)61(59(55)43-50,45-24-7-2-8-25-45)46-26-9-3-10-27-46/h1-43H. The van der Waals surface area contributed by atoms with Gasteiger partial charge in [0.05, 0.1) is 16.5 Å². The van der Waals surface area contributed by atoms with Crippen LogP contribution in [0, 0.1) is 0 Å². The molecule has 2 aliphatic rings. The smallest absolute Gasteiger partial charge is 0.0714 e. The Balaban J connectivity index is 1.15. The molecule has 296 valence electrons. The molecular weight excluding hydrogens is 759 g/mol. The highest BCUT2D eigenvalue weighted by atomic mass is 15.1. The lowest BCUT2D eigenvalue weighted by molar-refractivity contribution is 0.767. The lowest BCUT2D eigenvalue weighted by atomic mass is 9.67. The fourth-order valence-electron chi connectivity index (χ4n) is 11.1. The first-order valence-corrected chi connectivity index (χ1v) is 21.9. The summed E-state index contributed by atoms with van der Waals surface area (Å²) in [7, 11) is 0. The van der Waals surface area contributed by atoms with E-state index in [1.54, 1.807) is 0 Å². The SMILES string of the molecule is c1ccc(-c2ccccc2N(c2cccc(C3(c4ccccc4)c4ccccc4-c4ccccc43)c2)c2ccc3c(c2)C(c2ccccc2)(c2ccccc2)c2ccccc2-3)cc1. The number of para-hydroxylation sites is 1. The molecule has 63 heavy (non-hydrogen) atoms. The van der Waals surface area contributed by atoms with Crippen LogP contribution in [0.5, 0.6) is 0 Å². The minimum absolute atomic E-state index is 0.536. The second-order valence-corrected chi connectivity index (χ2v) is 16.7. The van der Waals surface area contributed by atoms with Crippen LogP contribution in [0.25, 0.3) is 33.4 Å². The van der Waals surface area contributed by atoms with E-state index in [0.29, 0.717) is 0 Å². The molecule has 0 aromatic heterocycles. The van der Waals surface area contributed by atoms with E-state index in [4.69, 9.17) is 0 Å². The summed E-state index contributed by atoms with van der Waals surface area (Å²) in [6.07, 6.45) is 0. The summed E-state index contributed by atoms with van der Waals surface area (Å²) in [4.78, 5) is 2.50. The number of benzene rings is 10. The van der Waals surface area contributed by atoms with Gasteiger partial charge in [0.15, 0.2) is 0 Å². The fourth-order valence-corrected chi connectivity index (χ4v) is 11.1. The number of nitrogens with zero attached hydrogens (tertiary/aromatic N) is 1. The molecule has 0 N–H and O–H groups in total. The van der Waals surface area contributed by atoms with E-state index in [1.165, 1.54) is 77.9 Å². The fraction of sp³-hybridized carbons (Fsp3) is 0.0323. The normalized spacial score (nSPS) is 13.7. The highest BCUT2D eigenvalue weighted by Gasteiger charge is 2.48. The molecule has 12 rings (SSSR count). The minimum atomic E-state index is -0.537. The maximum atomic E-state index is 2.50. The topological polar surface area (TPSA) is 3.24 Å². The predicted octanol–water partition coefficient (Wildman–Crippen LogP) is 15.5. The zero-order valence-electron chi connectivity index (χ0n) is 34.8. The molecule has 10 aromatic carbocycles. The van der Waals surface area contributed by atoms with Crippen molar-refractivity contribution in [3.8, 4) is 33.4 Å². The third-order valence-electron chi connectivity index (χ3n) is 13.6. The molecule has 0 saturated heterocycles. The van der Waals surface area contributed by atoms with E-state index in [1.807, 2.05) is 0 Å². The molecule has 10 aromatic rings. The molecule has 2 aliphatic carbocycles. The first kappa shape index (κ1) is 36.8. The highest BCUT2D eigenvalue weighted by Crippen LogP contribution is 2.59. The van der Waals surface area contributed by atoms with E-state index >= 15 is 0 Å². The molecule has 0 spiro atoms. The van der Waals surface area contributed by atoms with E-state index in [9.17, 15) is 0 Å². The van der Waals surface area contributed by atoms with Gasteiger partial charge in [-0.25, -0.2) is 0 Å². The summed E-state index contributed by atoms with van der Waals surface area (Å²) in [5, 5.41) is 0. The average molecular weight is 802 g/mol. The highest BCUT2D eigenvalue weighted by molar-refractivity contribution is 5.93. The van der Waals surface area contributed by atoms with Crippen LogP contribution in [0.1, 0.15) is 44.5 Å². The molecule has 0 radical (unpaired) electrons. The quantitative estimate of drug-likeness (QED) is 0.148. The molecule has 0 bridgehead atoms. The molecule has 0 heterocycles. The van der Waals surface area contributed by atoms with E-state index in [0.717, 1.165) is 17.1 Å². The van der Waals surface area contributed by atoms with Crippen molar-refractivity contribution < 1.29 is 0 Å². The van der Waals surface area contributed by atoms with Gasteiger partial charge in [0.2, 0.25) is 0 Å². The summed E-state index contributed by atoms with van der Waals surface area (Å²) < 4.78 is 0. The maximum Gasteiger partial charge on any atom is 0.0714 e. The van der Waals surface area contributed by atoms with Crippen molar-refractivity contribution >= 4 is 17.1 Å². The van der Waals surface area contributed by atoms with Gasteiger partial charge in [-0.3, -0.25) is 0 Å². The number of rotatable bonds is 8. The van der Waals surface area contributed by atoms with Crippen molar-refractivity contribution in [1.29, 1.82) is 0 Å². The zero-order valence-corrected chi connectivity index (χ0v) is 34.8. The van der Waals surface area contributed by atoms with Crippen molar-refractivity contribution in [2.24, 2.45) is 0 Å². The van der Waals surface area contributed by atoms with Crippen molar-refractivity contribution in [2.75, 3.05) is 4.90 Å². The zero-order chi connectivity index (χ0) is 41.8. The Hall–Kier alpha value is -8.00. The Bertz CT molecular complexity index is 3190. The van der Waals surface area contributed by atoms with Gasteiger partial charge in [-0.05, 0) is 103 Å². The van der Waals surface area contributed by atoms with Crippen molar-refractivity contribution in [1.82, 2.24) is 0 Å². The Labute approximate surface area is 369 Å². The first-order chi connectivity index (χ1) is 31.3. The van der Waals surface area contributed by atoms with Gasteiger partial charge in [0.1, 0.15) is 0 Å². The van der Waals surface area contributed by atoms with Gasteiger partial charge >= 0.3 is 0 Å². The minimum Gasteiger partial charge on any atom is -0.310 e. The van der Waals surface area contributed by atoms with Crippen LogP contribution in [0.3, 0.4) is 0 Å². The Morgan fingerprint density at radius 2 is 0.619 bits per heavy atom. The van der Waals surface area contributed by atoms with Crippen LogP contribution in [0.2, 0.25) is 0 Å². The maximum absolute atomic E-state index is 2.50. The van der Waals surface area contributed by atoms with Gasteiger partial charge in [-0.2, -0.15) is 0 Å². The van der Waals surface area contributed by atoms with Crippen molar-refractivity contribution in [3.63, 3.8) is 0 Å². The van der Waals surface area contributed by atoms with E-state index in [2.05, 4.69) is 266 Å². The van der Waals surface area contributed by atoms with Crippen molar-refractivity contribution in [2.45, 2.75) is 10.8 Å². The average Bonchev–Trinajstić information content (AvgIpc) is 3.84. The van der Waals surface area contributed by atoms with E-state index in [-0.39, 0.29) is 0 Å². The first-order valence-electron chi connectivity index (χ1n) is 21.9. The van der Waals surface area contributed by atoms with Gasteiger partial charge in [-0.15, -0.1) is 0 Å². The lowest BCUT2D eigenvalue weighted by Gasteiger charge is -2.36. The van der Waals surface area contributed by atoms with Crippen LogP contribution in [-0.2, 0) is 10.8 Å². The van der Waals surface area contributed by atoms with Gasteiger partial charge in [0.25, 0.3) is 0 Å². The van der Waals surface area contributed by atoms with Crippen LogP contribution in [0.4, 0.5) is 17.1 Å². The summed E-state index contributed by atoms with van der Waals surface area (Å²) in [6, 6.07) is 96.5. The number of anilines is 3. The molecule has 1 heteroatoms. The van der Waals surface area contributed by atoms with Crippen LogP contribution in [0.15, 0.2) is 261 Å². The number of fused-ring (bicyclic) bond motifs is 6. The second-order valence-electron chi connectivity index (χ2n) is 16.7. The molecule has 0 atom stereocenters. The molecule has 0 unspecified atom stereocenters. The van der Waals surface area contributed by atoms with Gasteiger partial charge in [-0.1, -0.05) is 231 Å². The third kappa shape index (κ3) is 5.50. The molecule has 0 amide bonds. The lowest BCUT2D eigenvalue weighted by Crippen LogP contribution is -2.29. The monoisotopic (exact) mass is 801 g/mol. The Morgan fingerprint density at radius 3 is 1.14 bits per heavy atom. The summed E-state index contributed by atoms with van der Waals surface area (Å²) in [5.74, 6) is 0. The van der Waals surface area contributed by atoms with Gasteiger partial charge in [0, 0.05) is 16.9 Å². The van der Waals surface area contributed by atoms with Crippen LogP contribution >= 0.6 is 0 Å². The second kappa shape index (κ2) is 14.9. The van der Waals surface area contributed by atoms with Gasteiger partial charge < -0.3 is 4.90 Å². The summed E-state index contributed by atoms with van der Waals surface area (Å²) >= 11 is 0. The Kier molecular flexibility index (Phi) is 8.69. The molecule has 0 saturated carbocycles. The number of hydrogen-bond acceptors (Lipinski definition) is 1.